The highest BCUT2D eigenvalue weighted by Gasteiger charge is 2.02. The summed E-state index contributed by atoms with van der Waals surface area (Å²) in [5, 5.41) is 6.24. The highest BCUT2D eigenvalue weighted by atomic mass is 35.5. The first-order valence-corrected chi connectivity index (χ1v) is 7.25. The number of unbranched alkanes of at least 4 members (excludes halogenated alkanes) is 3. The molecular weight excluding hydrogens is 276 g/mol. The molecular formula is C15H21ClN2O2. The van der Waals surface area contributed by atoms with E-state index in [0.29, 0.717) is 18.0 Å². The van der Waals surface area contributed by atoms with Crippen molar-refractivity contribution < 1.29 is 9.59 Å². The second-order valence-corrected chi connectivity index (χ2v) is 5.14. The van der Waals surface area contributed by atoms with Gasteiger partial charge in [-0.05, 0) is 37.1 Å². The molecule has 0 aliphatic heterocycles. The van der Waals surface area contributed by atoms with Crippen LogP contribution in [0.15, 0.2) is 24.3 Å². The third-order valence-corrected chi connectivity index (χ3v) is 3.08. The predicted octanol–water partition coefficient (Wildman–Crippen LogP) is 3.37. The van der Waals surface area contributed by atoms with E-state index < -0.39 is 0 Å². The maximum Gasteiger partial charge on any atom is 0.224 e. The molecule has 0 saturated carbocycles. The molecule has 1 aromatic carbocycles. The fraction of sp³-hybridized carbons (Fsp3) is 0.467. The van der Waals surface area contributed by atoms with E-state index in [1.54, 1.807) is 24.3 Å². The number of rotatable bonds is 8. The van der Waals surface area contributed by atoms with Crippen LogP contribution in [0.1, 0.15) is 39.0 Å². The number of carbonyl (C=O) groups excluding carboxylic acids is 2. The second kappa shape index (κ2) is 9.37. The Morgan fingerprint density at radius 3 is 2.35 bits per heavy atom. The molecule has 0 saturated heterocycles. The lowest BCUT2D eigenvalue weighted by atomic mass is 10.1. The molecule has 0 bridgehead atoms. The summed E-state index contributed by atoms with van der Waals surface area (Å²) in [6.45, 7) is 2.23. The lowest BCUT2D eigenvalue weighted by molar-refractivity contribution is -0.119. The zero-order chi connectivity index (χ0) is 14.8. The minimum atomic E-state index is 0.00680. The van der Waals surface area contributed by atoms with Gasteiger partial charge < -0.3 is 10.6 Å². The van der Waals surface area contributed by atoms with Crippen molar-refractivity contribution in [2.45, 2.75) is 39.0 Å². The topological polar surface area (TPSA) is 58.2 Å². The van der Waals surface area contributed by atoms with Crippen molar-refractivity contribution in [1.29, 1.82) is 0 Å². The smallest absolute Gasteiger partial charge is 0.224 e. The van der Waals surface area contributed by atoms with Crippen LogP contribution in [0, 0.1) is 0 Å². The van der Waals surface area contributed by atoms with Gasteiger partial charge in [-0.3, -0.25) is 9.59 Å². The van der Waals surface area contributed by atoms with Gasteiger partial charge in [0, 0.05) is 30.6 Å². The van der Waals surface area contributed by atoms with Crippen molar-refractivity contribution >= 4 is 29.1 Å². The average molecular weight is 297 g/mol. The number of hydrogen-bond donors (Lipinski definition) is 2. The molecule has 0 spiro atoms. The summed E-state index contributed by atoms with van der Waals surface area (Å²) in [5.41, 5.74) is 0.769. The predicted molar refractivity (Wildman–Crippen MR) is 81.9 cm³/mol. The Labute approximate surface area is 124 Å². The van der Waals surface area contributed by atoms with Crippen molar-refractivity contribution in [2.75, 3.05) is 11.9 Å². The molecule has 5 heteroatoms. The molecule has 0 radical (unpaired) electrons. The van der Waals surface area contributed by atoms with Crippen molar-refractivity contribution in [3.8, 4) is 0 Å². The SMILES string of the molecule is CC(=O)NCCCCCCC(=O)Nc1ccc(Cl)cc1. The highest BCUT2D eigenvalue weighted by Crippen LogP contribution is 2.14. The Kier molecular flexibility index (Phi) is 7.73. The first kappa shape index (κ1) is 16.5. The molecule has 0 heterocycles. The van der Waals surface area contributed by atoms with Gasteiger partial charge in [0.1, 0.15) is 0 Å². The number of nitrogens with one attached hydrogen (secondary N) is 2. The molecule has 20 heavy (non-hydrogen) atoms. The maximum atomic E-state index is 11.7. The number of halogens is 1. The van der Waals surface area contributed by atoms with E-state index >= 15 is 0 Å². The number of anilines is 1. The first-order valence-electron chi connectivity index (χ1n) is 6.88. The molecule has 0 unspecified atom stereocenters. The lowest BCUT2D eigenvalue weighted by Gasteiger charge is -2.05. The fourth-order valence-electron chi connectivity index (χ4n) is 1.79. The summed E-state index contributed by atoms with van der Waals surface area (Å²) >= 11 is 5.77. The van der Waals surface area contributed by atoms with Crippen molar-refractivity contribution in [2.24, 2.45) is 0 Å². The van der Waals surface area contributed by atoms with Crippen LogP contribution in [0.2, 0.25) is 5.02 Å². The maximum absolute atomic E-state index is 11.7. The molecule has 0 aliphatic carbocycles. The highest BCUT2D eigenvalue weighted by molar-refractivity contribution is 6.30. The zero-order valence-electron chi connectivity index (χ0n) is 11.7. The number of carbonyl (C=O) groups is 2. The quantitative estimate of drug-likeness (QED) is 0.723. The largest absolute Gasteiger partial charge is 0.356 e. The Morgan fingerprint density at radius 2 is 1.70 bits per heavy atom. The van der Waals surface area contributed by atoms with E-state index in [0.717, 1.165) is 31.4 Å². The summed E-state index contributed by atoms with van der Waals surface area (Å²) in [5.74, 6) is 0.0292. The molecule has 1 aromatic rings. The molecule has 2 N–H and O–H groups in total. The minimum Gasteiger partial charge on any atom is -0.356 e. The molecule has 0 fully saturated rings. The molecule has 0 aromatic heterocycles. The fourth-order valence-corrected chi connectivity index (χ4v) is 1.91. The van der Waals surface area contributed by atoms with E-state index in [1.807, 2.05) is 0 Å². The molecule has 0 aliphatic rings. The lowest BCUT2D eigenvalue weighted by Crippen LogP contribution is -2.20. The standard InChI is InChI=1S/C15H21ClN2O2/c1-12(19)17-11-5-3-2-4-6-15(20)18-14-9-7-13(16)8-10-14/h7-10H,2-6,11H2,1H3,(H,17,19)(H,18,20). The van der Waals surface area contributed by atoms with Crippen LogP contribution in [0.4, 0.5) is 5.69 Å². The third kappa shape index (κ3) is 7.79. The molecule has 2 amide bonds. The number of hydrogen-bond acceptors (Lipinski definition) is 2. The molecule has 0 atom stereocenters. The summed E-state index contributed by atoms with van der Waals surface area (Å²) in [6.07, 6.45) is 4.35. The van der Waals surface area contributed by atoms with Crippen LogP contribution in [0.25, 0.3) is 0 Å². The van der Waals surface area contributed by atoms with Gasteiger partial charge in [-0.15, -0.1) is 0 Å². The summed E-state index contributed by atoms with van der Waals surface area (Å²) in [6, 6.07) is 7.07. The van der Waals surface area contributed by atoms with Crippen LogP contribution >= 0.6 is 11.6 Å². The normalized spacial score (nSPS) is 10.1. The Hall–Kier alpha value is -1.55. The van der Waals surface area contributed by atoms with E-state index in [2.05, 4.69) is 10.6 Å². The monoisotopic (exact) mass is 296 g/mol. The van der Waals surface area contributed by atoms with Crippen LogP contribution in [0.5, 0.6) is 0 Å². The van der Waals surface area contributed by atoms with Crippen LogP contribution in [0.3, 0.4) is 0 Å². The van der Waals surface area contributed by atoms with Crippen molar-refractivity contribution in [3.63, 3.8) is 0 Å². The Bertz CT molecular complexity index is 432. The van der Waals surface area contributed by atoms with Gasteiger partial charge in [0.2, 0.25) is 11.8 Å². The van der Waals surface area contributed by atoms with E-state index in [4.69, 9.17) is 11.6 Å². The van der Waals surface area contributed by atoms with Gasteiger partial charge in [-0.25, -0.2) is 0 Å². The van der Waals surface area contributed by atoms with E-state index in [9.17, 15) is 9.59 Å². The van der Waals surface area contributed by atoms with Crippen LogP contribution in [-0.2, 0) is 9.59 Å². The first-order chi connectivity index (χ1) is 9.58. The summed E-state index contributed by atoms with van der Waals surface area (Å²) in [7, 11) is 0. The van der Waals surface area contributed by atoms with E-state index in [-0.39, 0.29) is 11.8 Å². The molecule has 1 rings (SSSR count). The zero-order valence-corrected chi connectivity index (χ0v) is 12.5. The summed E-state index contributed by atoms with van der Waals surface area (Å²) in [4.78, 5) is 22.3. The van der Waals surface area contributed by atoms with Crippen LogP contribution < -0.4 is 10.6 Å². The Balaban J connectivity index is 2.05. The van der Waals surface area contributed by atoms with Crippen molar-refractivity contribution in [1.82, 2.24) is 5.32 Å². The summed E-state index contributed by atoms with van der Waals surface area (Å²) < 4.78 is 0. The average Bonchev–Trinajstić information content (AvgIpc) is 2.40. The minimum absolute atomic E-state index is 0.00680. The van der Waals surface area contributed by atoms with Crippen LogP contribution in [-0.4, -0.2) is 18.4 Å². The third-order valence-electron chi connectivity index (χ3n) is 2.83. The Morgan fingerprint density at radius 1 is 1.05 bits per heavy atom. The van der Waals surface area contributed by atoms with Gasteiger partial charge in [0.15, 0.2) is 0 Å². The van der Waals surface area contributed by atoms with Gasteiger partial charge in [0.05, 0.1) is 0 Å². The van der Waals surface area contributed by atoms with Gasteiger partial charge in [-0.2, -0.15) is 0 Å². The second-order valence-electron chi connectivity index (χ2n) is 4.70. The number of amides is 2. The van der Waals surface area contributed by atoms with Crippen molar-refractivity contribution in [3.05, 3.63) is 29.3 Å². The van der Waals surface area contributed by atoms with Gasteiger partial charge in [0.25, 0.3) is 0 Å². The number of benzene rings is 1. The van der Waals surface area contributed by atoms with Gasteiger partial charge in [-0.1, -0.05) is 24.4 Å². The molecule has 110 valence electrons. The molecule has 4 nitrogen and oxygen atoms in total. The van der Waals surface area contributed by atoms with E-state index in [1.165, 1.54) is 6.92 Å². The van der Waals surface area contributed by atoms with Gasteiger partial charge >= 0.3 is 0 Å².